The molecule has 2 aromatic heterocycles. The lowest BCUT2D eigenvalue weighted by atomic mass is 10.1. The van der Waals surface area contributed by atoms with E-state index in [1.807, 2.05) is 79.7 Å². The van der Waals surface area contributed by atoms with E-state index >= 15 is 0 Å². The van der Waals surface area contributed by atoms with Gasteiger partial charge in [0.15, 0.2) is 11.7 Å². The molecular weight excluding hydrogens is 412 g/mol. The number of rotatable bonds is 7. The Bertz CT molecular complexity index is 1350. The van der Waals surface area contributed by atoms with E-state index in [0.29, 0.717) is 25.3 Å². The number of hydrogen-bond acceptors (Lipinski definition) is 4. The van der Waals surface area contributed by atoms with Crippen molar-refractivity contribution in [1.29, 1.82) is 0 Å². The summed E-state index contributed by atoms with van der Waals surface area (Å²) in [6.07, 6.45) is 2.50. The van der Waals surface area contributed by atoms with E-state index < -0.39 is 0 Å². The van der Waals surface area contributed by atoms with Crippen molar-refractivity contribution in [2.75, 3.05) is 0 Å². The first-order chi connectivity index (χ1) is 16.1. The zero-order valence-corrected chi connectivity index (χ0v) is 18.3. The van der Waals surface area contributed by atoms with Crippen LogP contribution in [0, 0.1) is 6.92 Å². The number of imidazole rings is 1. The average Bonchev–Trinajstić information content (AvgIpc) is 3.49. The molecule has 0 bridgehead atoms. The summed E-state index contributed by atoms with van der Waals surface area (Å²) in [5.41, 5.74) is 6.17. The molecule has 6 nitrogen and oxygen atoms in total. The number of nitrogens with one attached hydrogen (secondary N) is 2. The second-order valence-electron chi connectivity index (χ2n) is 8.06. The molecule has 1 amide bonds. The fourth-order valence-electron chi connectivity index (χ4n) is 3.66. The molecule has 0 saturated heterocycles. The summed E-state index contributed by atoms with van der Waals surface area (Å²) in [4.78, 5) is 24.6. The number of hydrogen-bond donors (Lipinski definition) is 2. The summed E-state index contributed by atoms with van der Waals surface area (Å²) < 4.78 is 5.80. The number of carbonyl (C=O) groups is 1. The van der Waals surface area contributed by atoms with Gasteiger partial charge in [-0.2, -0.15) is 0 Å². The number of aromatic nitrogens is 3. The molecule has 6 heteroatoms. The Labute approximate surface area is 191 Å². The summed E-state index contributed by atoms with van der Waals surface area (Å²) in [5, 5.41) is 2.96. The van der Waals surface area contributed by atoms with Crippen molar-refractivity contribution in [3.05, 3.63) is 96.0 Å². The maximum atomic E-state index is 12.3. The van der Waals surface area contributed by atoms with Crippen LogP contribution in [-0.4, -0.2) is 20.9 Å². The number of H-pyrrole nitrogens is 1. The zero-order chi connectivity index (χ0) is 22.6. The number of fused-ring (bicyclic) bond motifs is 1. The van der Waals surface area contributed by atoms with Gasteiger partial charge in [-0.15, -0.1) is 0 Å². The van der Waals surface area contributed by atoms with Crippen molar-refractivity contribution < 1.29 is 9.21 Å². The van der Waals surface area contributed by atoms with Crippen LogP contribution in [-0.2, 0) is 17.8 Å². The molecule has 0 aliphatic heterocycles. The molecule has 0 saturated carbocycles. The maximum Gasteiger partial charge on any atom is 0.220 e. The predicted molar refractivity (Wildman–Crippen MR) is 128 cm³/mol. The first-order valence-corrected chi connectivity index (χ1v) is 11.0. The standard InChI is InChI=1S/C27H24N4O2/c1-18-6-10-20(11-7-18)24-17-29-26(33-24)15-14-25(32)28-16-19-8-12-21(13-9-19)27-30-22-4-2-3-5-23(22)31-27/h2-13,17H,14-16H2,1H3,(H,28,32)(H,30,31). The molecule has 0 fully saturated rings. The van der Waals surface area contributed by atoms with Crippen molar-refractivity contribution in [3.8, 4) is 22.7 Å². The predicted octanol–water partition coefficient (Wildman–Crippen LogP) is 5.44. The Morgan fingerprint density at radius 1 is 0.970 bits per heavy atom. The molecule has 0 aliphatic carbocycles. The van der Waals surface area contributed by atoms with Crippen molar-refractivity contribution in [2.24, 2.45) is 0 Å². The summed E-state index contributed by atoms with van der Waals surface area (Å²) in [6, 6.07) is 24.1. The average molecular weight is 437 g/mol. The molecule has 2 heterocycles. The van der Waals surface area contributed by atoms with E-state index in [0.717, 1.165) is 39.3 Å². The molecule has 0 radical (unpaired) electrons. The highest BCUT2D eigenvalue weighted by Gasteiger charge is 2.10. The molecule has 5 aromatic rings. The molecule has 0 spiro atoms. The fraction of sp³-hybridized carbons (Fsp3) is 0.148. The van der Waals surface area contributed by atoms with Crippen LogP contribution >= 0.6 is 0 Å². The molecule has 0 atom stereocenters. The topological polar surface area (TPSA) is 83.8 Å². The van der Waals surface area contributed by atoms with Gasteiger partial charge in [-0.1, -0.05) is 66.2 Å². The third kappa shape index (κ3) is 4.85. The minimum atomic E-state index is -0.0357. The molecule has 0 unspecified atom stereocenters. The van der Waals surface area contributed by atoms with Crippen LogP contribution in [0.2, 0.25) is 0 Å². The second kappa shape index (κ2) is 9.12. The van der Waals surface area contributed by atoms with Gasteiger partial charge >= 0.3 is 0 Å². The smallest absolute Gasteiger partial charge is 0.220 e. The normalized spacial score (nSPS) is 11.1. The molecule has 33 heavy (non-hydrogen) atoms. The van der Waals surface area contributed by atoms with E-state index in [-0.39, 0.29) is 5.91 Å². The lowest BCUT2D eigenvalue weighted by Gasteiger charge is -2.05. The van der Waals surface area contributed by atoms with Gasteiger partial charge in [-0.25, -0.2) is 9.97 Å². The Kier molecular flexibility index (Phi) is 5.72. The summed E-state index contributed by atoms with van der Waals surface area (Å²) >= 11 is 0. The SMILES string of the molecule is Cc1ccc(-c2cnc(CCC(=O)NCc3ccc(-c4nc5ccccc5[nH]4)cc3)o2)cc1. The summed E-state index contributed by atoms with van der Waals surface area (Å²) in [5.74, 6) is 2.08. The van der Waals surface area contributed by atoms with Gasteiger partial charge in [0.1, 0.15) is 5.82 Å². The van der Waals surface area contributed by atoms with Crippen molar-refractivity contribution in [3.63, 3.8) is 0 Å². The van der Waals surface area contributed by atoms with Gasteiger partial charge in [-0.3, -0.25) is 4.79 Å². The van der Waals surface area contributed by atoms with Gasteiger partial charge in [0.25, 0.3) is 0 Å². The van der Waals surface area contributed by atoms with E-state index in [1.165, 1.54) is 5.56 Å². The van der Waals surface area contributed by atoms with Crippen molar-refractivity contribution in [2.45, 2.75) is 26.3 Å². The van der Waals surface area contributed by atoms with Gasteiger partial charge in [0, 0.05) is 30.5 Å². The highest BCUT2D eigenvalue weighted by Crippen LogP contribution is 2.22. The summed E-state index contributed by atoms with van der Waals surface area (Å²) in [7, 11) is 0. The monoisotopic (exact) mass is 436 g/mol. The quantitative estimate of drug-likeness (QED) is 0.356. The molecule has 3 aromatic carbocycles. The molecule has 2 N–H and O–H groups in total. The first kappa shape index (κ1) is 20.7. The second-order valence-corrected chi connectivity index (χ2v) is 8.06. The van der Waals surface area contributed by atoms with Crippen LogP contribution in [0.3, 0.4) is 0 Å². The molecule has 164 valence electrons. The maximum absolute atomic E-state index is 12.3. The largest absolute Gasteiger partial charge is 0.441 e. The van der Waals surface area contributed by atoms with Gasteiger partial charge in [0.2, 0.25) is 5.91 Å². The minimum Gasteiger partial charge on any atom is -0.441 e. The van der Waals surface area contributed by atoms with E-state index in [1.54, 1.807) is 6.20 Å². The highest BCUT2D eigenvalue weighted by atomic mass is 16.4. The molecular formula is C27H24N4O2. The zero-order valence-electron chi connectivity index (χ0n) is 18.3. The third-order valence-electron chi connectivity index (χ3n) is 5.56. The van der Waals surface area contributed by atoms with Crippen LogP contribution in [0.25, 0.3) is 33.7 Å². The Morgan fingerprint density at radius 3 is 2.52 bits per heavy atom. The highest BCUT2D eigenvalue weighted by molar-refractivity contribution is 5.79. The van der Waals surface area contributed by atoms with Gasteiger partial charge < -0.3 is 14.7 Å². The van der Waals surface area contributed by atoms with Crippen molar-refractivity contribution in [1.82, 2.24) is 20.3 Å². The van der Waals surface area contributed by atoms with Gasteiger partial charge in [0.05, 0.1) is 17.2 Å². The number of amides is 1. The third-order valence-corrected chi connectivity index (χ3v) is 5.56. The lowest BCUT2D eigenvalue weighted by molar-refractivity contribution is -0.121. The molecule has 5 rings (SSSR count). The lowest BCUT2D eigenvalue weighted by Crippen LogP contribution is -2.23. The molecule has 0 aliphatic rings. The Hall–Kier alpha value is -4.19. The number of aromatic amines is 1. The Balaban J connectivity index is 1.13. The van der Waals surface area contributed by atoms with E-state index in [2.05, 4.69) is 20.3 Å². The number of aryl methyl sites for hydroxylation is 2. The Morgan fingerprint density at radius 2 is 1.73 bits per heavy atom. The van der Waals surface area contributed by atoms with Gasteiger partial charge in [-0.05, 0) is 24.6 Å². The fourth-order valence-corrected chi connectivity index (χ4v) is 3.66. The number of nitrogens with zero attached hydrogens (tertiary/aromatic N) is 2. The van der Waals surface area contributed by atoms with E-state index in [9.17, 15) is 4.79 Å². The number of para-hydroxylation sites is 2. The minimum absolute atomic E-state index is 0.0357. The number of benzene rings is 3. The number of oxazole rings is 1. The van der Waals surface area contributed by atoms with Crippen LogP contribution in [0.15, 0.2) is 83.4 Å². The number of carbonyl (C=O) groups excluding carboxylic acids is 1. The van der Waals surface area contributed by atoms with Crippen LogP contribution < -0.4 is 5.32 Å². The summed E-state index contributed by atoms with van der Waals surface area (Å²) in [6.45, 7) is 2.52. The first-order valence-electron chi connectivity index (χ1n) is 11.0. The van der Waals surface area contributed by atoms with Crippen LogP contribution in [0.1, 0.15) is 23.4 Å². The van der Waals surface area contributed by atoms with Crippen LogP contribution in [0.5, 0.6) is 0 Å². The van der Waals surface area contributed by atoms with Crippen molar-refractivity contribution >= 4 is 16.9 Å². The van der Waals surface area contributed by atoms with E-state index in [4.69, 9.17) is 4.42 Å². The van der Waals surface area contributed by atoms with Crippen LogP contribution in [0.4, 0.5) is 0 Å².